The Balaban J connectivity index is 2.95. The summed E-state index contributed by atoms with van der Waals surface area (Å²) in [4.78, 5) is 0. The first-order chi connectivity index (χ1) is 7.08. The van der Waals surface area contributed by atoms with Crippen LogP contribution in [0.15, 0.2) is 12.1 Å². The maximum atomic E-state index is 9.53. The number of methoxy groups -OCH3 is 1. The van der Waals surface area contributed by atoms with Crippen molar-refractivity contribution in [2.45, 2.75) is 25.8 Å². The predicted octanol–water partition coefficient (Wildman–Crippen LogP) is 2.33. The molecule has 0 spiro atoms. The lowest BCUT2D eigenvalue weighted by Gasteiger charge is -2.11. The minimum absolute atomic E-state index is 0.0204. The first kappa shape index (κ1) is 12.1. The zero-order chi connectivity index (χ0) is 11.4. The zero-order valence-electron chi connectivity index (χ0n) is 8.96. The van der Waals surface area contributed by atoms with Gasteiger partial charge in [-0.15, -0.1) is 0 Å². The number of ether oxygens (including phenoxy) is 1. The molecule has 84 valence electrons. The second kappa shape index (κ2) is 5.24. The monoisotopic (exact) mass is 229 g/mol. The van der Waals surface area contributed by atoms with Gasteiger partial charge in [-0.25, -0.2) is 0 Å². The van der Waals surface area contributed by atoms with E-state index in [1.807, 2.05) is 6.92 Å². The molecule has 1 aromatic rings. The van der Waals surface area contributed by atoms with E-state index in [-0.39, 0.29) is 11.8 Å². The molecule has 1 atom stereocenters. The van der Waals surface area contributed by atoms with Crippen molar-refractivity contribution in [2.24, 2.45) is 5.73 Å². The summed E-state index contributed by atoms with van der Waals surface area (Å²) in [7, 11) is 1.49. The van der Waals surface area contributed by atoms with Crippen LogP contribution in [0.5, 0.6) is 11.5 Å². The van der Waals surface area contributed by atoms with Gasteiger partial charge in [-0.2, -0.15) is 0 Å². The molecule has 1 unspecified atom stereocenters. The van der Waals surface area contributed by atoms with Crippen LogP contribution in [-0.2, 0) is 6.42 Å². The molecule has 1 rings (SSSR count). The van der Waals surface area contributed by atoms with Crippen LogP contribution in [0.2, 0.25) is 5.02 Å². The van der Waals surface area contributed by atoms with Crippen molar-refractivity contribution in [3.05, 3.63) is 22.7 Å². The Morgan fingerprint density at radius 2 is 2.20 bits per heavy atom. The molecule has 0 aliphatic heterocycles. The van der Waals surface area contributed by atoms with Crippen molar-refractivity contribution in [3.8, 4) is 11.5 Å². The van der Waals surface area contributed by atoms with Crippen molar-refractivity contribution in [1.82, 2.24) is 0 Å². The number of rotatable bonds is 4. The summed E-state index contributed by atoms with van der Waals surface area (Å²) in [5.41, 5.74) is 6.81. The number of phenolic OH excluding ortho intramolecular Hbond substituents is 1. The van der Waals surface area contributed by atoms with Crippen molar-refractivity contribution in [1.29, 1.82) is 0 Å². The summed E-state index contributed by atoms with van der Waals surface area (Å²) in [6.45, 7) is 2.03. The van der Waals surface area contributed by atoms with Gasteiger partial charge in [0, 0.05) is 6.04 Å². The Morgan fingerprint density at radius 1 is 1.53 bits per heavy atom. The molecule has 1 aromatic carbocycles. The van der Waals surface area contributed by atoms with Crippen molar-refractivity contribution in [3.63, 3.8) is 0 Å². The van der Waals surface area contributed by atoms with Crippen LogP contribution in [0.3, 0.4) is 0 Å². The third-order valence-electron chi connectivity index (χ3n) is 2.33. The predicted molar refractivity (Wildman–Crippen MR) is 61.6 cm³/mol. The largest absolute Gasteiger partial charge is 0.503 e. The molecule has 0 bridgehead atoms. The van der Waals surface area contributed by atoms with Crippen LogP contribution in [0.4, 0.5) is 0 Å². The molecule has 15 heavy (non-hydrogen) atoms. The third-order valence-corrected chi connectivity index (χ3v) is 2.62. The lowest BCUT2D eigenvalue weighted by molar-refractivity contribution is 0.373. The van der Waals surface area contributed by atoms with Crippen molar-refractivity contribution in [2.75, 3.05) is 7.11 Å². The molecule has 3 nitrogen and oxygen atoms in total. The average Bonchev–Trinajstić information content (AvgIpc) is 2.22. The van der Waals surface area contributed by atoms with Gasteiger partial charge in [-0.3, -0.25) is 0 Å². The smallest absolute Gasteiger partial charge is 0.176 e. The minimum Gasteiger partial charge on any atom is -0.503 e. The fraction of sp³-hybridized carbons (Fsp3) is 0.455. The molecular weight excluding hydrogens is 214 g/mol. The van der Waals surface area contributed by atoms with Gasteiger partial charge in [0.2, 0.25) is 0 Å². The molecule has 0 heterocycles. The molecule has 0 saturated carbocycles. The molecular formula is C11H16ClNO2. The Kier molecular flexibility index (Phi) is 4.24. The van der Waals surface area contributed by atoms with E-state index in [1.54, 1.807) is 12.1 Å². The molecule has 3 N–H and O–H groups in total. The van der Waals surface area contributed by atoms with Crippen molar-refractivity contribution < 1.29 is 9.84 Å². The highest BCUT2D eigenvalue weighted by atomic mass is 35.5. The van der Waals surface area contributed by atoms with Crippen LogP contribution in [0, 0.1) is 0 Å². The van der Waals surface area contributed by atoms with Gasteiger partial charge in [0.05, 0.1) is 12.1 Å². The summed E-state index contributed by atoms with van der Waals surface area (Å²) >= 11 is 5.85. The van der Waals surface area contributed by atoms with Crippen LogP contribution in [0.1, 0.15) is 18.9 Å². The second-order valence-electron chi connectivity index (χ2n) is 3.50. The van der Waals surface area contributed by atoms with Crippen LogP contribution in [-0.4, -0.2) is 18.3 Å². The second-order valence-corrected chi connectivity index (χ2v) is 3.91. The Morgan fingerprint density at radius 3 is 2.73 bits per heavy atom. The molecule has 0 aromatic heterocycles. The maximum Gasteiger partial charge on any atom is 0.176 e. The van der Waals surface area contributed by atoms with E-state index in [0.717, 1.165) is 18.4 Å². The van der Waals surface area contributed by atoms with Gasteiger partial charge >= 0.3 is 0 Å². The van der Waals surface area contributed by atoms with E-state index >= 15 is 0 Å². The van der Waals surface area contributed by atoms with E-state index in [4.69, 9.17) is 22.1 Å². The van der Waals surface area contributed by atoms with Gasteiger partial charge < -0.3 is 15.6 Å². The fourth-order valence-corrected chi connectivity index (χ4v) is 1.58. The molecule has 0 aliphatic rings. The Hall–Kier alpha value is -0.930. The standard InChI is InChI=1S/C11H16ClNO2/c1-3-8(13)4-7-5-9(12)11(14)10(6-7)15-2/h5-6,8,14H,3-4,13H2,1-2H3. The van der Waals surface area contributed by atoms with Crippen LogP contribution < -0.4 is 10.5 Å². The lowest BCUT2D eigenvalue weighted by Crippen LogP contribution is -2.21. The lowest BCUT2D eigenvalue weighted by atomic mass is 10.0. The van der Waals surface area contributed by atoms with Gasteiger partial charge in [0.1, 0.15) is 0 Å². The van der Waals surface area contributed by atoms with Gasteiger partial charge in [0.15, 0.2) is 11.5 Å². The van der Waals surface area contributed by atoms with E-state index in [2.05, 4.69) is 0 Å². The van der Waals surface area contributed by atoms with E-state index in [9.17, 15) is 5.11 Å². The molecule has 0 saturated heterocycles. The average molecular weight is 230 g/mol. The van der Waals surface area contributed by atoms with Crippen molar-refractivity contribution >= 4 is 11.6 Å². The highest BCUT2D eigenvalue weighted by Crippen LogP contribution is 2.35. The molecule has 0 fully saturated rings. The summed E-state index contributed by atoms with van der Waals surface area (Å²) < 4.78 is 5.01. The normalized spacial score (nSPS) is 12.5. The van der Waals surface area contributed by atoms with Crippen LogP contribution >= 0.6 is 11.6 Å². The number of hydrogen-bond donors (Lipinski definition) is 2. The Bertz CT molecular complexity index is 342. The summed E-state index contributed by atoms with van der Waals surface area (Å²) in [5.74, 6) is 0.369. The van der Waals surface area contributed by atoms with Gasteiger partial charge in [-0.05, 0) is 30.5 Å². The van der Waals surface area contributed by atoms with Crippen LogP contribution in [0.25, 0.3) is 0 Å². The topological polar surface area (TPSA) is 55.5 Å². The van der Waals surface area contributed by atoms with Gasteiger partial charge in [-0.1, -0.05) is 18.5 Å². The minimum atomic E-state index is -0.0204. The number of nitrogens with two attached hydrogens (primary N) is 1. The molecule has 0 aliphatic carbocycles. The summed E-state index contributed by atoms with van der Waals surface area (Å²) in [5, 5.41) is 9.82. The first-order valence-corrected chi connectivity index (χ1v) is 5.27. The number of halogens is 1. The quantitative estimate of drug-likeness (QED) is 0.833. The summed E-state index contributed by atoms with van der Waals surface area (Å²) in [6, 6.07) is 3.58. The number of aromatic hydroxyl groups is 1. The molecule has 0 radical (unpaired) electrons. The molecule has 0 amide bonds. The maximum absolute atomic E-state index is 9.53. The zero-order valence-corrected chi connectivity index (χ0v) is 9.71. The van der Waals surface area contributed by atoms with Gasteiger partial charge in [0.25, 0.3) is 0 Å². The SMILES string of the molecule is CCC(N)Cc1cc(Cl)c(O)c(OC)c1. The summed E-state index contributed by atoms with van der Waals surface area (Å²) in [6.07, 6.45) is 1.63. The highest BCUT2D eigenvalue weighted by molar-refractivity contribution is 6.32. The highest BCUT2D eigenvalue weighted by Gasteiger charge is 2.10. The van der Waals surface area contributed by atoms with E-state index < -0.39 is 0 Å². The molecule has 4 heteroatoms. The number of benzene rings is 1. The fourth-order valence-electron chi connectivity index (χ4n) is 1.35. The first-order valence-electron chi connectivity index (χ1n) is 4.89. The third kappa shape index (κ3) is 3.01. The van der Waals surface area contributed by atoms with E-state index in [0.29, 0.717) is 10.8 Å². The number of hydrogen-bond acceptors (Lipinski definition) is 3. The Labute approximate surface area is 94.8 Å². The van der Waals surface area contributed by atoms with E-state index in [1.165, 1.54) is 7.11 Å². The number of phenols is 1.